The van der Waals surface area contributed by atoms with Crippen LogP contribution in [0.1, 0.15) is 16.4 Å². The van der Waals surface area contributed by atoms with Crippen LogP contribution in [0.4, 0.5) is 5.69 Å². The van der Waals surface area contributed by atoms with Crippen molar-refractivity contribution in [2.75, 3.05) is 5.32 Å². The van der Waals surface area contributed by atoms with Crippen molar-refractivity contribution in [1.29, 1.82) is 0 Å². The number of aromatic nitrogens is 3. The van der Waals surface area contributed by atoms with Gasteiger partial charge in [-0.05, 0) is 18.2 Å². The molecule has 2 heterocycles. The fourth-order valence-electron chi connectivity index (χ4n) is 1.91. The summed E-state index contributed by atoms with van der Waals surface area (Å²) in [5, 5.41) is 6.76. The van der Waals surface area contributed by atoms with E-state index in [2.05, 4.69) is 15.4 Å². The van der Waals surface area contributed by atoms with Crippen LogP contribution in [0.15, 0.2) is 34.9 Å². The third kappa shape index (κ3) is 2.08. The van der Waals surface area contributed by atoms with E-state index >= 15 is 0 Å². The van der Waals surface area contributed by atoms with E-state index in [0.29, 0.717) is 22.9 Å². The molecule has 0 aliphatic carbocycles. The van der Waals surface area contributed by atoms with Gasteiger partial charge in [0.15, 0.2) is 11.5 Å². The van der Waals surface area contributed by atoms with E-state index in [9.17, 15) is 4.79 Å². The van der Waals surface area contributed by atoms with E-state index in [4.69, 9.17) is 4.42 Å². The molecule has 1 amide bonds. The normalized spacial score (nSPS) is 10.8. The summed E-state index contributed by atoms with van der Waals surface area (Å²) >= 11 is 0. The van der Waals surface area contributed by atoms with Crippen LogP contribution >= 0.6 is 0 Å². The molecule has 1 aromatic carbocycles. The zero-order valence-electron chi connectivity index (χ0n) is 10.5. The number of anilines is 1. The van der Waals surface area contributed by atoms with Crippen molar-refractivity contribution in [3.05, 3.63) is 42.0 Å². The van der Waals surface area contributed by atoms with Gasteiger partial charge in [-0.2, -0.15) is 5.10 Å². The molecule has 6 heteroatoms. The van der Waals surface area contributed by atoms with Crippen LogP contribution < -0.4 is 5.32 Å². The molecular weight excluding hydrogens is 244 g/mol. The van der Waals surface area contributed by atoms with E-state index in [-0.39, 0.29) is 5.91 Å². The van der Waals surface area contributed by atoms with Crippen LogP contribution in [0.2, 0.25) is 0 Å². The zero-order valence-corrected chi connectivity index (χ0v) is 10.5. The van der Waals surface area contributed by atoms with E-state index in [1.54, 1.807) is 38.4 Å². The summed E-state index contributed by atoms with van der Waals surface area (Å²) < 4.78 is 6.94. The molecule has 0 radical (unpaired) electrons. The summed E-state index contributed by atoms with van der Waals surface area (Å²) in [5.74, 6) is 0.390. The molecule has 3 aromatic rings. The molecule has 3 rings (SSSR count). The van der Waals surface area contributed by atoms with Crippen molar-refractivity contribution < 1.29 is 9.21 Å². The van der Waals surface area contributed by atoms with E-state index in [1.165, 1.54) is 4.68 Å². The lowest BCUT2D eigenvalue weighted by Crippen LogP contribution is -2.15. The van der Waals surface area contributed by atoms with Gasteiger partial charge in [0.2, 0.25) is 0 Å². The third-order valence-electron chi connectivity index (χ3n) is 2.81. The molecule has 0 bridgehead atoms. The summed E-state index contributed by atoms with van der Waals surface area (Å²) in [6.45, 7) is 1.79. The Labute approximate surface area is 109 Å². The Morgan fingerprint density at radius 3 is 2.95 bits per heavy atom. The summed E-state index contributed by atoms with van der Waals surface area (Å²) in [7, 11) is 1.72. The molecule has 0 fully saturated rings. The zero-order chi connectivity index (χ0) is 13.4. The second kappa shape index (κ2) is 4.24. The van der Waals surface area contributed by atoms with E-state index in [1.807, 2.05) is 6.07 Å². The molecule has 0 aliphatic heterocycles. The van der Waals surface area contributed by atoms with Crippen molar-refractivity contribution >= 4 is 22.7 Å². The topological polar surface area (TPSA) is 73.0 Å². The first-order valence-electron chi connectivity index (χ1n) is 5.80. The Balaban J connectivity index is 1.89. The molecule has 2 aromatic heterocycles. The minimum absolute atomic E-state index is 0.212. The van der Waals surface area contributed by atoms with Crippen LogP contribution in [0.3, 0.4) is 0 Å². The standard InChI is InChI=1S/C13H12N4O2/c1-8-15-10-4-3-9(7-12(10)19-8)16-13(18)11-5-6-14-17(11)2/h3-7H,1-2H3,(H,16,18). The predicted molar refractivity (Wildman–Crippen MR) is 69.9 cm³/mol. The number of fused-ring (bicyclic) bond motifs is 1. The number of nitrogens with one attached hydrogen (secondary N) is 1. The quantitative estimate of drug-likeness (QED) is 0.762. The van der Waals surface area contributed by atoms with Crippen LogP contribution in [0, 0.1) is 6.92 Å². The van der Waals surface area contributed by atoms with Gasteiger partial charge in [-0.1, -0.05) is 0 Å². The number of carbonyl (C=O) groups excluding carboxylic acids is 1. The van der Waals surface area contributed by atoms with Gasteiger partial charge in [-0.15, -0.1) is 0 Å². The summed E-state index contributed by atoms with van der Waals surface area (Å²) in [5.41, 5.74) is 2.58. The van der Waals surface area contributed by atoms with Crippen molar-refractivity contribution in [3.63, 3.8) is 0 Å². The van der Waals surface area contributed by atoms with Gasteiger partial charge in [0, 0.05) is 31.9 Å². The van der Waals surface area contributed by atoms with Gasteiger partial charge in [0.1, 0.15) is 11.2 Å². The lowest BCUT2D eigenvalue weighted by molar-refractivity contribution is 0.101. The first-order chi connectivity index (χ1) is 9.13. The number of amides is 1. The maximum Gasteiger partial charge on any atom is 0.273 e. The number of benzene rings is 1. The molecule has 0 aliphatic rings. The van der Waals surface area contributed by atoms with Gasteiger partial charge in [0.05, 0.1) is 0 Å². The van der Waals surface area contributed by atoms with Gasteiger partial charge >= 0.3 is 0 Å². The van der Waals surface area contributed by atoms with Crippen LogP contribution in [0.5, 0.6) is 0 Å². The maximum absolute atomic E-state index is 12.0. The number of hydrogen-bond donors (Lipinski definition) is 1. The van der Waals surface area contributed by atoms with Crippen LogP contribution in [0.25, 0.3) is 11.1 Å². The molecule has 19 heavy (non-hydrogen) atoms. The SMILES string of the molecule is Cc1nc2ccc(NC(=O)c3ccnn3C)cc2o1. The highest BCUT2D eigenvalue weighted by Crippen LogP contribution is 2.20. The number of oxazole rings is 1. The highest BCUT2D eigenvalue weighted by molar-refractivity contribution is 6.03. The summed E-state index contributed by atoms with van der Waals surface area (Å²) in [4.78, 5) is 16.2. The van der Waals surface area contributed by atoms with E-state index in [0.717, 1.165) is 5.52 Å². The molecule has 6 nitrogen and oxygen atoms in total. The first-order valence-corrected chi connectivity index (χ1v) is 5.80. The van der Waals surface area contributed by atoms with Gasteiger partial charge in [0.25, 0.3) is 5.91 Å². The van der Waals surface area contributed by atoms with Crippen molar-refractivity contribution in [3.8, 4) is 0 Å². The van der Waals surface area contributed by atoms with Gasteiger partial charge < -0.3 is 9.73 Å². The fourth-order valence-corrected chi connectivity index (χ4v) is 1.91. The van der Waals surface area contributed by atoms with Crippen molar-refractivity contribution in [2.24, 2.45) is 7.05 Å². The third-order valence-corrected chi connectivity index (χ3v) is 2.81. The number of carbonyl (C=O) groups is 1. The molecular formula is C13H12N4O2. The van der Waals surface area contributed by atoms with Crippen molar-refractivity contribution in [2.45, 2.75) is 6.92 Å². The molecule has 0 atom stereocenters. The smallest absolute Gasteiger partial charge is 0.273 e. The Bertz CT molecular complexity index is 757. The van der Waals surface area contributed by atoms with Gasteiger partial charge in [-0.3, -0.25) is 9.48 Å². The lowest BCUT2D eigenvalue weighted by atomic mass is 10.2. The second-order valence-corrected chi connectivity index (χ2v) is 4.21. The molecule has 96 valence electrons. The largest absolute Gasteiger partial charge is 0.441 e. The van der Waals surface area contributed by atoms with Gasteiger partial charge in [-0.25, -0.2) is 4.98 Å². The Kier molecular flexibility index (Phi) is 2.56. The summed E-state index contributed by atoms with van der Waals surface area (Å²) in [6.07, 6.45) is 1.58. The Hall–Kier alpha value is -2.63. The van der Waals surface area contributed by atoms with Crippen LogP contribution in [-0.4, -0.2) is 20.7 Å². The Morgan fingerprint density at radius 1 is 1.37 bits per heavy atom. The van der Waals surface area contributed by atoms with Crippen molar-refractivity contribution in [1.82, 2.24) is 14.8 Å². The predicted octanol–water partition coefficient (Wildman–Crippen LogP) is 2.12. The summed E-state index contributed by atoms with van der Waals surface area (Å²) in [6, 6.07) is 7.01. The lowest BCUT2D eigenvalue weighted by Gasteiger charge is -2.04. The maximum atomic E-state index is 12.0. The highest BCUT2D eigenvalue weighted by atomic mass is 16.3. The molecule has 1 N–H and O–H groups in total. The number of nitrogens with zero attached hydrogens (tertiary/aromatic N) is 3. The average molecular weight is 256 g/mol. The number of hydrogen-bond acceptors (Lipinski definition) is 4. The number of rotatable bonds is 2. The number of aryl methyl sites for hydroxylation is 2. The minimum Gasteiger partial charge on any atom is -0.441 e. The molecule has 0 saturated heterocycles. The minimum atomic E-state index is -0.212. The Morgan fingerprint density at radius 2 is 2.21 bits per heavy atom. The fraction of sp³-hybridized carbons (Fsp3) is 0.154. The second-order valence-electron chi connectivity index (χ2n) is 4.21. The molecule has 0 unspecified atom stereocenters. The highest BCUT2D eigenvalue weighted by Gasteiger charge is 2.11. The monoisotopic (exact) mass is 256 g/mol. The van der Waals surface area contributed by atoms with E-state index < -0.39 is 0 Å². The van der Waals surface area contributed by atoms with Crippen LogP contribution in [-0.2, 0) is 7.05 Å². The molecule has 0 spiro atoms. The average Bonchev–Trinajstić information content (AvgIpc) is 2.93. The first kappa shape index (κ1) is 11.5. The molecule has 0 saturated carbocycles.